The predicted octanol–water partition coefficient (Wildman–Crippen LogP) is 1.90. The maximum Gasteiger partial charge on any atom is 0.0721 e. The van der Waals surface area contributed by atoms with Crippen LogP contribution in [0.3, 0.4) is 0 Å². The second-order valence-electron chi connectivity index (χ2n) is 3.06. The van der Waals surface area contributed by atoms with Gasteiger partial charge in [0.25, 0.3) is 0 Å². The second kappa shape index (κ2) is 4.61. The highest BCUT2D eigenvalue weighted by atomic mass is 35.5. The number of benzene rings is 1. The molecule has 0 aromatic heterocycles. The number of hydrogen-bond acceptors (Lipinski definition) is 2. The Balaban J connectivity index is 0.000000845. The molecule has 1 unspecified atom stereocenters. The van der Waals surface area contributed by atoms with Crippen LogP contribution in [0.2, 0.25) is 0 Å². The van der Waals surface area contributed by atoms with E-state index in [-0.39, 0.29) is 12.4 Å². The number of hydrogen-bond donors (Lipinski definition) is 1. The minimum Gasteiger partial charge on any atom is -0.375 e. The van der Waals surface area contributed by atoms with E-state index in [0.717, 1.165) is 13.2 Å². The SMILES string of the molecule is CNC1COCc2ccccc21.Cl. The molecule has 1 aromatic rings. The van der Waals surface area contributed by atoms with E-state index in [9.17, 15) is 0 Å². The second-order valence-corrected chi connectivity index (χ2v) is 3.06. The molecule has 1 aliphatic rings. The lowest BCUT2D eigenvalue weighted by molar-refractivity contribution is 0.0844. The summed E-state index contributed by atoms with van der Waals surface area (Å²) in [7, 11) is 1.97. The first kappa shape index (κ1) is 10.5. The van der Waals surface area contributed by atoms with Crippen LogP contribution in [-0.2, 0) is 11.3 Å². The summed E-state index contributed by atoms with van der Waals surface area (Å²) >= 11 is 0. The topological polar surface area (TPSA) is 21.3 Å². The summed E-state index contributed by atoms with van der Waals surface area (Å²) < 4.78 is 5.44. The van der Waals surface area contributed by atoms with Crippen molar-refractivity contribution >= 4 is 12.4 Å². The molecule has 72 valence electrons. The molecule has 0 spiro atoms. The predicted molar refractivity (Wildman–Crippen MR) is 55.1 cm³/mol. The number of halogens is 1. The molecule has 0 aliphatic carbocycles. The zero-order valence-corrected chi connectivity index (χ0v) is 8.43. The molecule has 13 heavy (non-hydrogen) atoms. The van der Waals surface area contributed by atoms with Gasteiger partial charge in [0.1, 0.15) is 0 Å². The molecule has 1 N–H and O–H groups in total. The van der Waals surface area contributed by atoms with Gasteiger partial charge in [-0.1, -0.05) is 24.3 Å². The van der Waals surface area contributed by atoms with Gasteiger partial charge in [0, 0.05) is 0 Å². The molecule has 1 atom stereocenters. The molecular weight excluding hydrogens is 186 g/mol. The van der Waals surface area contributed by atoms with Gasteiger partial charge in [-0.25, -0.2) is 0 Å². The Bertz CT molecular complexity index is 277. The van der Waals surface area contributed by atoms with Gasteiger partial charge in [0.15, 0.2) is 0 Å². The van der Waals surface area contributed by atoms with Gasteiger partial charge in [-0.15, -0.1) is 12.4 Å². The lowest BCUT2D eigenvalue weighted by Crippen LogP contribution is -2.26. The van der Waals surface area contributed by atoms with Gasteiger partial charge in [-0.2, -0.15) is 0 Å². The summed E-state index contributed by atoms with van der Waals surface area (Å²) in [5.74, 6) is 0. The molecule has 0 amide bonds. The zero-order valence-electron chi connectivity index (χ0n) is 7.62. The highest BCUT2D eigenvalue weighted by molar-refractivity contribution is 5.85. The molecule has 0 radical (unpaired) electrons. The van der Waals surface area contributed by atoms with Crippen molar-refractivity contribution in [2.75, 3.05) is 13.7 Å². The summed E-state index contributed by atoms with van der Waals surface area (Å²) in [6.07, 6.45) is 0. The highest BCUT2D eigenvalue weighted by Gasteiger charge is 2.17. The summed E-state index contributed by atoms with van der Waals surface area (Å²) in [5, 5.41) is 3.24. The third-order valence-electron chi connectivity index (χ3n) is 2.32. The van der Waals surface area contributed by atoms with Crippen molar-refractivity contribution in [1.82, 2.24) is 5.32 Å². The van der Waals surface area contributed by atoms with Crippen LogP contribution in [0, 0.1) is 0 Å². The first-order valence-corrected chi connectivity index (χ1v) is 4.24. The number of fused-ring (bicyclic) bond motifs is 1. The minimum absolute atomic E-state index is 0. The average molecular weight is 200 g/mol. The first-order valence-electron chi connectivity index (χ1n) is 4.24. The monoisotopic (exact) mass is 199 g/mol. The van der Waals surface area contributed by atoms with E-state index in [4.69, 9.17) is 4.74 Å². The minimum atomic E-state index is 0. The van der Waals surface area contributed by atoms with Crippen LogP contribution >= 0.6 is 12.4 Å². The summed E-state index contributed by atoms with van der Waals surface area (Å²) in [6.45, 7) is 1.54. The molecule has 1 aromatic carbocycles. The Hall–Kier alpha value is -0.570. The van der Waals surface area contributed by atoms with Gasteiger partial charge in [-0.3, -0.25) is 0 Å². The summed E-state index contributed by atoms with van der Waals surface area (Å²) in [4.78, 5) is 0. The molecular formula is C10H14ClNO. The third-order valence-corrected chi connectivity index (χ3v) is 2.32. The van der Waals surface area contributed by atoms with E-state index in [0.29, 0.717) is 6.04 Å². The average Bonchev–Trinajstić information content (AvgIpc) is 2.17. The standard InChI is InChI=1S/C10H13NO.ClH/c1-11-10-7-12-6-8-4-2-3-5-9(8)10;/h2-5,10-11H,6-7H2,1H3;1H. The van der Waals surface area contributed by atoms with Crippen molar-refractivity contribution in [2.24, 2.45) is 0 Å². The fourth-order valence-corrected chi connectivity index (χ4v) is 1.62. The van der Waals surface area contributed by atoms with Crippen molar-refractivity contribution in [2.45, 2.75) is 12.6 Å². The van der Waals surface area contributed by atoms with E-state index in [2.05, 4.69) is 29.6 Å². The Morgan fingerprint density at radius 3 is 2.92 bits per heavy atom. The Morgan fingerprint density at radius 2 is 2.15 bits per heavy atom. The summed E-state index contributed by atoms with van der Waals surface area (Å²) in [5.41, 5.74) is 2.69. The number of ether oxygens (including phenoxy) is 1. The van der Waals surface area contributed by atoms with Crippen LogP contribution in [0.15, 0.2) is 24.3 Å². The Kier molecular flexibility index (Phi) is 3.72. The highest BCUT2D eigenvalue weighted by Crippen LogP contribution is 2.23. The number of nitrogens with one attached hydrogen (secondary N) is 1. The van der Waals surface area contributed by atoms with E-state index >= 15 is 0 Å². The van der Waals surface area contributed by atoms with Crippen LogP contribution in [0.5, 0.6) is 0 Å². The van der Waals surface area contributed by atoms with Gasteiger partial charge >= 0.3 is 0 Å². The molecule has 3 heteroatoms. The van der Waals surface area contributed by atoms with Crippen molar-refractivity contribution in [3.8, 4) is 0 Å². The maximum absolute atomic E-state index is 5.44. The van der Waals surface area contributed by atoms with Gasteiger partial charge in [0.05, 0.1) is 19.3 Å². The summed E-state index contributed by atoms with van der Waals surface area (Å²) in [6, 6.07) is 8.79. The fraction of sp³-hybridized carbons (Fsp3) is 0.400. The lowest BCUT2D eigenvalue weighted by Gasteiger charge is -2.24. The number of rotatable bonds is 1. The van der Waals surface area contributed by atoms with E-state index < -0.39 is 0 Å². The Morgan fingerprint density at radius 1 is 1.38 bits per heavy atom. The molecule has 0 bridgehead atoms. The van der Waals surface area contributed by atoms with E-state index in [1.165, 1.54) is 11.1 Å². The van der Waals surface area contributed by atoms with Gasteiger partial charge < -0.3 is 10.1 Å². The molecule has 1 aliphatic heterocycles. The number of likely N-dealkylation sites (N-methyl/N-ethyl adjacent to an activating group) is 1. The molecule has 0 saturated carbocycles. The van der Waals surface area contributed by atoms with Crippen LogP contribution < -0.4 is 5.32 Å². The van der Waals surface area contributed by atoms with Crippen molar-refractivity contribution in [3.63, 3.8) is 0 Å². The molecule has 1 heterocycles. The largest absolute Gasteiger partial charge is 0.375 e. The van der Waals surface area contributed by atoms with Gasteiger partial charge in [-0.05, 0) is 18.2 Å². The molecule has 0 saturated heterocycles. The van der Waals surface area contributed by atoms with Crippen LogP contribution in [0.25, 0.3) is 0 Å². The zero-order chi connectivity index (χ0) is 8.39. The molecule has 2 rings (SSSR count). The molecule has 2 nitrogen and oxygen atoms in total. The maximum atomic E-state index is 5.44. The van der Waals surface area contributed by atoms with Crippen LogP contribution in [-0.4, -0.2) is 13.7 Å². The lowest BCUT2D eigenvalue weighted by atomic mass is 9.99. The van der Waals surface area contributed by atoms with Crippen molar-refractivity contribution in [3.05, 3.63) is 35.4 Å². The van der Waals surface area contributed by atoms with Gasteiger partial charge in [0.2, 0.25) is 0 Å². The van der Waals surface area contributed by atoms with Crippen molar-refractivity contribution in [1.29, 1.82) is 0 Å². The Labute approximate surface area is 84.7 Å². The normalized spacial score (nSPS) is 20.2. The van der Waals surface area contributed by atoms with Crippen LogP contribution in [0.1, 0.15) is 17.2 Å². The fourth-order valence-electron chi connectivity index (χ4n) is 1.62. The van der Waals surface area contributed by atoms with Crippen molar-refractivity contribution < 1.29 is 4.74 Å². The first-order chi connectivity index (χ1) is 5.92. The van der Waals surface area contributed by atoms with E-state index in [1.54, 1.807) is 0 Å². The quantitative estimate of drug-likeness (QED) is 0.746. The van der Waals surface area contributed by atoms with E-state index in [1.807, 2.05) is 7.05 Å². The third kappa shape index (κ3) is 2.02. The van der Waals surface area contributed by atoms with Crippen LogP contribution in [0.4, 0.5) is 0 Å². The molecule has 0 fully saturated rings. The smallest absolute Gasteiger partial charge is 0.0721 e.